The van der Waals surface area contributed by atoms with Gasteiger partial charge in [0.25, 0.3) is 0 Å². The molecule has 0 saturated heterocycles. The lowest BCUT2D eigenvalue weighted by molar-refractivity contribution is -0.253. The Kier molecular flexibility index (Phi) is 4.47. The van der Waals surface area contributed by atoms with Crippen LogP contribution in [0.1, 0.15) is 64.9 Å². The monoisotopic (exact) mass is 398 g/mol. The Morgan fingerprint density at radius 2 is 1.72 bits per heavy atom. The number of carbonyl (C=O) groups is 2. The van der Waals surface area contributed by atoms with E-state index in [1.165, 1.54) is 0 Å². The fourth-order valence-corrected chi connectivity index (χ4v) is 5.59. The third-order valence-corrected chi connectivity index (χ3v) is 6.51. The highest BCUT2D eigenvalue weighted by Crippen LogP contribution is 2.58. The lowest BCUT2D eigenvalue weighted by Gasteiger charge is -2.53. The second kappa shape index (κ2) is 6.43. The number of benzene rings is 1. The van der Waals surface area contributed by atoms with Crippen molar-refractivity contribution in [2.75, 3.05) is 7.11 Å². The Hall–Kier alpha value is -2.14. The average Bonchev–Trinajstić information content (AvgIpc) is 2.56. The van der Waals surface area contributed by atoms with Crippen molar-refractivity contribution in [3.63, 3.8) is 0 Å². The number of aliphatic hydroxyl groups is 1. The van der Waals surface area contributed by atoms with Gasteiger partial charge in [0.2, 0.25) is 5.79 Å². The summed E-state index contributed by atoms with van der Waals surface area (Å²) in [6.45, 7) is 8.01. The number of carbonyl (C=O) groups excluding carboxylic acids is 2. The van der Waals surface area contributed by atoms with Crippen molar-refractivity contribution in [2.45, 2.75) is 65.1 Å². The molecule has 1 aliphatic heterocycles. The molecule has 5 nitrogen and oxygen atoms in total. The van der Waals surface area contributed by atoms with E-state index in [9.17, 15) is 14.7 Å². The Morgan fingerprint density at radius 3 is 2.41 bits per heavy atom. The molecule has 0 amide bonds. The lowest BCUT2D eigenvalue weighted by Crippen LogP contribution is -2.58. The molecular formula is C24H30O5. The number of hydrogen-bond acceptors (Lipinski definition) is 5. The van der Waals surface area contributed by atoms with Gasteiger partial charge >= 0.3 is 0 Å². The molecule has 1 N–H and O–H groups in total. The van der Waals surface area contributed by atoms with Gasteiger partial charge in [0.15, 0.2) is 5.78 Å². The average molecular weight is 398 g/mol. The van der Waals surface area contributed by atoms with Gasteiger partial charge in [-0.05, 0) is 16.9 Å². The SMILES string of the molecule is COc1ccccc1[C@H]1C2=C(CC(C)(C)CC2=O)O[C@@]2(O)CC(C)(C)CC(=O)[C@H]12. The zero-order valence-electron chi connectivity index (χ0n) is 17.9. The Morgan fingerprint density at radius 1 is 1.03 bits per heavy atom. The van der Waals surface area contributed by atoms with Gasteiger partial charge in [0.1, 0.15) is 17.3 Å². The van der Waals surface area contributed by atoms with Crippen LogP contribution in [-0.2, 0) is 14.3 Å². The molecule has 0 spiro atoms. The summed E-state index contributed by atoms with van der Waals surface area (Å²) < 4.78 is 11.7. The first-order chi connectivity index (χ1) is 13.5. The van der Waals surface area contributed by atoms with Gasteiger partial charge in [-0.3, -0.25) is 9.59 Å². The second-order valence-corrected chi connectivity index (χ2v) is 10.4. The van der Waals surface area contributed by atoms with Crippen LogP contribution in [0.25, 0.3) is 0 Å². The van der Waals surface area contributed by atoms with E-state index in [2.05, 4.69) is 0 Å². The minimum absolute atomic E-state index is 0.00756. The van der Waals surface area contributed by atoms with Crippen molar-refractivity contribution in [3.8, 4) is 5.75 Å². The molecule has 2 aliphatic carbocycles. The van der Waals surface area contributed by atoms with E-state index >= 15 is 0 Å². The maximum atomic E-state index is 13.3. The summed E-state index contributed by atoms with van der Waals surface area (Å²) in [5, 5.41) is 11.7. The third-order valence-electron chi connectivity index (χ3n) is 6.51. The van der Waals surface area contributed by atoms with Crippen molar-refractivity contribution >= 4 is 11.6 Å². The van der Waals surface area contributed by atoms with Gasteiger partial charge in [-0.15, -0.1) is 0 Å². The standard InChI is InChI=1S/C24H30O5/c1-22(2)10-15(25)20-18(12-22)29-24(27)13-23(3,4)11-16(26)21(24)19(20)14-8-6-7-9-17(14)28-5/h6-9,19,21,27H,10-13H2,1-5H3/t19-,21+,24-/m0/s1. The fourth-order valence-electron chi connectivity index (χ4n) is 5.59. The molecule has 1 heterocycles. The van der Waals surface area contributed by atoms with Gasteiger partial charge in [0, 0.05) is 42.7 Å². The molecule has 0 bridgehead atoms. The number of para-hydroxylation sites is 1. The molecule has 1 aromatic carbocycles. The number of rotatable bonds is 2. The van der Waals surface area contributed by atoms with Crippen LogP contribution < -0.4 is 4.74 Å². The number of fused-ring (bicyclic) bond motifs is 1. The van der Waals surface area contributed by atoms with Crippen LogP contribution in [0.3, 0.4) is 0 Å². The van der Waals surface area contributed by atoms with Crippen molar-refractivity contribution in [3.05, 3.63) is 41.2 Å². The van der Waals surface area contributed by atoms with Crippen LogP contribution in [0.4, 0.5) is 0 Å². The zero-order chi connectivity index (χ0) is 21.2. The Labute approximate surface area is 172 Å². The van der Waals surface area contributed by atoms with E-state index in [-0.39, 0.29) is 22.4 Å². The minimum Gasteiger partial charge on any atom is -0.496 e. The van der Waals surface area contributed by atoms with Crippen LogP contribution in [-0.4, -0.2) is 29.6 Å². The van der Waals surface area contributed by atoms with Crippen LogP contribution >= 0.6 is 0 Å². The molecule has 1 saturated carbocycles. The number of ether oxygens (including phenoxy) is 2. The van der Waals surface area contributed by atoms with Crippen LogP contribution in [0, 0.1) is 16.7 Å². The number of hydrogen-bond donors (Lipinski definition) is 1. The summed E-state index contributed by atoms with van der Waals surface area (Å²) in [5.74, 6) is -1.94. The van der Waals surface area contributed by atoms with E-state index in [0.29, 0.717) is 42.8 Å². The van der Waals surface area contributed by atoms with Gasteiger partial charge in [-0.1, -0.05) is 45.9 Å². The van der Waals surface area contributed by atoms with E-state index in [1.807, 2.05) is 52.0 Å². The molecule has 0 radical (unpaired) electrons. The van der Waals surface area contributed by atoms with Crippen molar-refractivity contribution in [1.82, 2.24) is 0 Å². The lowest BCUT2D eigenvalue weighted by atomic mass is 9.59. The molecule has 1 fully saturated rings. The maximum Gasteiger partial charge on any atom is 0.218 e. The van der Waals surface area contributed by atoms with Gasteiger partial charge < -0.3 is 14.6 Å². The highest BCUT2D eigenvalue weighted by atomic mass is 16.6. The molecule has 29 heavy (non-hydrogen) atoms. The van der Waals surface area contributed by atoms with E-state index < -0.39 is 17.6 Å². The van der Waals surface area contributed by atoms with Gasteiger partial charge in [-0.25, -0.2) is 0 Å². The molecule has 3 aliphatic rings. The molecule has 5 heteroatoms. The molecule has 0 aromatic heterocycles. The third kappa shape index (κ3) is 3.29. The first-order valence-corrected chi connectivity index (χ1v) is 10.3. The first kappa shape index (κ1) is 20.1. The zero-order valence-corrected chi connectivity index (χ0v) is 17.9. The summed E-state index contributed by atoms with van der Waals surface area (Å²) in [5.41, 5.74) is 0.672. The smallest absolute Gasteiger partial charge is 0.218 e. The maximum absolute atomic E-state index is 13.3. The van der Waals surface area contributed by atoms with E-state index in [1.54, 1.807) is 7.11 Å². The minimum atomic E-state index is -1.63. The van der Waals surface area contributed by atoms with Crippen molar-refractivity contribution in [1.29, 1.82) is 0 Å². The molecule has 3 atom stereocenters. The summed E-state index contributed by atoms with van der Waals surface area (Å²) in [6, 6.07) is 7.46. The molecule has 0 unspecified atom stereocenters. The molecule has 156 valence electrons. The van der Waals surface area contributed by atoms with Crippen LogP contribution in [0.2, 0.25) is 0 Å². The fraction of sp³-hybridized carbons (Fsp3) is 0.583. The number of methoxy groups -OCH3 is 1. The summed E-state index contributed by atoms with van der Waals surface area (Å²) in [4.78, 5) is 26.6. The topological polar surface area (TPSA) is 72.8 Å². The Balaban J connectivity index is 1.96. The molecular weight excluding hydrogens is 368 g/mol. The molecule has 1 aromatic rings. The highest BCUT2D eigenvalue weighted by Gasteiger charge is 2.61. The molecule has 4 rings (SSSR count). The predicted molar refractivity (Wildman–Crippen MR) is 108 cm³/mol. The van der Waals surface area contributed by atoms with Crippen molar-refractivity contribution in [2.24, 2.45) is 16.7 Å². The first-order valence-electron chi connectivity index (χ1n) is 10.3. The van der Waals surface area contributed by atoms with Gasteiger partial charge in [-0.2, -0.15) is 0 Å². The number of ketones is 2. The van der Waals surface area contributed by atoms with Crippen molar-refractivity contribution < 1.29 is 24.2 Å². The number of allylic oxidation sites excluding steroid dienone is 2. The number of Topliss-reactive ketones (excluding diaryl/α,β-unsaturated/α-hetero) is 2. The quantitative estimate of drug-likeness (QED) is 0.810. The summed E-state index contributed by atoms with van der Waals surface area (Å²) >= 11 is 0. The summed E-state index contributed by atoms with van der Waals surface area (Å²) in [6.07, 6.45) is 1.64. The predicted octanol–water partition coefficient (Wildman–Crippen LogP) is 4.15. The van der Waals surface area contributed by atoms with Crippen LogP contribution in [0.5, 0.6) is 5.75 Å². The highest BCUT2D eigenvalue weighted by molar-refractivity contribution is 6.01. The van der Waals surface area contributed by atoms with Gasteiger partial charge in [0.05, 0.1) is 13.0 Å². The Bertz CT molecular complexity index is 910. The summed E-state index contributed by atoms with van der Waals surface area (Å²) in [7, 11) is 1.58. The normalized spacial score (nSPS) is 32.9. The van der Waals surface area contributed by atoms with E-state index in [0.717, 1.165) is 5.56 Å². The second-order valence-electron chi connectivity index (χ2n) is 10.4. The van der Waals surface area contributed by atoms with E-state index in [4.69, 9.17) is 9.47 Å². The van der Waals surface area contributed by atoms with Crippen LogP contribution in [0.15, 0.2) is 35.6 Å². The largest absolute Gasteiger partial charge is 0.496 e.